The number of thioether (sulfide) groups is 1. The van der Waals surface area contributed by atoms with Crippen LogP contribution in [0.25, 0.3) is 0 Å². The standard InChI is InChI=1S/C12H11ClN4O4S/c1-21-8-3-2-6(4-7(8)13)14-9(18)5-22-11-10(19)15-12(20)17-16-11/h2-4H,5H2,1H3,(H,14,18)(H2,15,17,19,20). The molecule has 2 rings (SSSR count). The van der Waals surface area contributed by atoms with Gasteiger partial charge in [-0.15, -0.1) is 0 Å². The summed E-state index contributed by atoms with van der Waals surface area (Å²) in [6, 6.07) is 4.81. The van der Waals surface area contributed by atoms with E-state index in [4.69, 9.17) is 16.3 Å². The molecule has 0 radical (unpaired) electrons. The van der Waals surface area contributed by atoms with E-state index in [2.05, 4.69) is 15.5 Å². The van der Waals surface area contributed by atoms with Gasteiger partial charge in [-0.25, -0.2) is 9.89 Å². The van der Waals surface area contributed by atoms with Gasteiger partial charge in [0.15, 0.2) is 5.03 Å². The van der Waals surface area contributed by atoms with Crippen LogP contribution in [0.4, 0.5) is 5.69 Å². The van der Waals surface area contributed by atoms with Gasteiger partial charge in [0.05, 0.1) is 17.9 Å². The second-order valence-corrected chi connectivity index (χ2v) is 5.37. The van der Waals surface area contributed by atoms with Crippen LogP contribution in [0, 0.1) is 0 Å². The summed E-state index contributed by atoms with van der Waals surface area (Å²) in [6.07, 6.45) is 0. The van der Waals surface area contributed by atoms with Crippen LogP contribution in [0.2, 0.25) is 5.02 Å². The average Bonchev–Trinajstić information content (AvgIpc) is 2.46. The lowest BCUT2D eigenvalue weighted by atomic mass is 10.3. The first-order valence-corrected chi connectivity index (χ1v) is 7.31. The van der Waals surface area contributed by atoms with Crippen LogP contribution in [0.15, 0.2) is 32.8 Å². The Morgan fingerprint density at radius 3 is 2.86 bits per heavy atom. The van der Waals surface area contributed by atoms with E-state index >= 15 is 0 Å². The molecule has 1 amide bonds. The lowest BCUT2D eigenvalue weighted by Crippen LogP contribution is -2.25. The second kappa shape index (κ2) is 7.14. The molecule has 0 saturated carbocycles. The van der Waals surface area contributed by atoms with Gasteiger partial charge >= 0.3 is 5.69 Å². The van der Waals surface area contributed by atoms with Gasteiger partial charge in [0, 0.05) is 5.69 Å². The third-order valence-corrected chi connectivity index (χ3v) is 3.71. The van der Waals surface area contributed by atoms with E-state index in [1.165, 1.54) is 7.11 Å². The van der Waals surface area contributed by atoms with Crippen molar-refractivity contribution < 1.29 is 9.53 Å². The highest BCUT2D eigenvalue weighted by atomic mass is 35.5. The van der Waals surface area contributed by atoms with Crippen LogP contribution in [0.1, 0.15) is 0 Å². The molecule has 3 N–H and O–H groups in total. The van der Waals surface area contributed by atoms with E-state index in [-0.39, 0.29) is 16.7 Å². The molecule has 22 heavy (non-hydrogen) atoms. The Balaban J connectivity index is 1.97. The quantitative estimate of drug-likeness (QED) is 0.693. The Morgan fingerprint density at radius 2 is 2.23 bits per heavy atom. The molecule has 1 heterocycles. The number of carbonyl (C=O) groups excluding carboxylic acids is 1. The maximum Gasteiger partial charge on any atom is 0.342 e. The predicted molar refractivity (Wildman–Crippen MR) is 82.8 cm³/mol. The molecular weight excluding hydrogens is 332 g/mol. The zero-order valence-electron chi connectivity index (χ0n) is 11.3. The monoisotopic (exact) mass is 342 g/mol. The number of anilines is 1. The Hall–Kier alpha value is -2.26. The molecule has 2 aromatic rings. The van der Waals surface area contributed by atoms with Crippen molar-refractivity contribution >= 4 is 35.0 Å². The summed E-state index contributed by atoms with van der Waals surface area (Å²) in [6.45, 7) is 0. The summed E-state index contributed by atoms with van der Waals surface area (Å²) >= 11 is 6.85. The lowest BCUT2D eigenvalue weighted by molar-refractivity contribution is -0.113. The van der Waals surface area contributed by atoms with Crippen molar-refractivity contribution in [1.82, 2.24) is 15.2 Å². The summed E-state index contributed by atoms with van der Waals surface area (Å²) in [7, 11) is 1.49. The number of H-pyrrole nitrogens is 2. The van der Waals surface area contributed by atoms with Crippen molar-refractivity contribution in [3.05, 3.63) is 44.1 Å². The summed E-state index contributed by atoms with van der Waals surface area (Å²) in [5.41, 5.74) is -0.847. The van der Waals surface area contributed by atoms with E-state index in [1.807, 2.05) is 4.98 Å². The Labute approximate surface area is 133 Å². The fourth-order valence-electron chi connectivity index (χ4n) is 1.51. The van der Waals surface area contributed by atoms with Crippen LogP contribution in [0.3, 0.4) is 0 Å². The number of benzene rings is 1. The molecule has 10 heteroatoms. The molecule has 116 valence electrons. The highest BCUT2D eigenvalue weighted by Gasteiger charge is 2.09. The smallest absolute Gasteiger partial charge is 0.342 e. The van der Waals surface area contributed by atoms with Crippen molar-refractivity contribution in [3.63, 3.8) is 0 Å². The summed E-state index contributed by atoms with van der Waals surface area (Å²) < 4.78 is 5.01. The first kappa shape index (κ1) is 16.1. The number of methoxy groups -OCH3 is 1. The molecule has 0 aliphatic heterocycles. The predicted octanol–water partition coefficient (Wildman–Crippen LogP) is 0.851. The number of halogens is 1. The zero-order chi connectivity index (χ0) is 16.1. The molecule has 0 aliphatic rings. The van der Waals surface area contributed by atoms with Crippen LogP contribution >= 0.6 is 23.4 Å². The average molecular weight is 343 g/mol. The highest BCUT2D eigenvalue weighted by molar-refractivity contribution is 7.99. The molecule has 0 fully saturated rings. The molecular formula is C12H11ClN4O4S. The minimum Gasteiger partial charge on any atom is -0.495 e. The number of hydrogen-bond acceptors (Lipinski definition) is 6. The molecule has 0 spiro atoms. The largest absolute Gasteiger partial charge is 0.495 e. The van der Waals surface area contributed by atoms with E-state index in [0.717, 1.165) is 11.8 Å². The summed E-state index contributed by atoms with van der Waals surface area (Å²) in [5, 5.41) is 8.64. The van der Waals surface area contributed by atoms with Gasteiger partial charge in [-0.3, -0.25) is 14.6 Å². The molecule has 8 nitrogen and oxygen atoms in total. The SMILES string of the molecule is COc1ccc(NC(=O)CSc2n[nH]c(=O)[nH]c2=O)cc1Cl. The number of hydrogen-bond donors (Lipinski definition) is 3. The van der Waals surface area contributed by atoms with Crippen LogP contribution in [-0.4, -0.2) is 34.0 Å². The van der Waals surface area contributed by atoms with E-state index in [9.17, 15) is 14.4 Å². The van der Waals surface area contributed by atoms with Crippen LogP contribution in [-0.2, 0) is 4.79 Å². The number of rotatable bonds is 5. The molecule has 0 unspecified atom stereocenters. The summed E-state index contributed by atoms with van der Waals surface area (Å²) in [4.78, 5) is 36.1. The van der Waals surface area contributed by atoms with E-state index < -0.39 is 11.2 Å². The van der Waals surface area contributed by atoms with Crippen molar-refractivity contribution in [3.8, 4) is 5.75 Å². The number of aromatic nitrogens is 3. The Kier molecular flexibility index (Phi) is 5.23. The summed E-state index contributed by atoms with van der Waals surface area (Å²) in [5.74, 6) is 0.0998. The highest BCUT2D eigenvalue weighted by Crippen LogP contribution is 2.27. The normalized spacial score (nSPS) is 10.3. The fraction of sp³-hybridized carbons (Fsp3) is 0.167. The molecule has 1 aromatic heterocycles. The van der Waals surface area contributed by atoms with Crippen LogP contribution in [0.5, 0.6) is 5.75 Å². The topological polar surface area (TPSA) is 117 Å². The molecule has 0 bridgehead atoms. The van der Waals surface area contributed by atoms with Gasteiger partial charge in [0.1, 0.15) is 5.75 Å². The van der Waals surface area contributed by atoms with Gasteiger partial charge < -0.3 is 10.1 Å². The number of carbonyl (C=O) groups is 1. The van der Waals surface area contributed by atoms with Gasteiger partial charge in [-0.05, 0) is 18.2 Å². The van der Waals surface area contributed by atoms with Crippen molar-refractivity contribution in [2.75, 3.05) is 18.2 Å². The fourth-order valence-corrected chi connectivity index (χ4v) is 2.40. The number of nitrogens with one attached hydrogen (secondary N) is 3. The van der Waals surface area contributed by atoms with Crippen molar-refractivity contribution in [1.29, 1.82) is 0 Å². The first-order chi connectivity index (χ1) is 10.5. The maximum absolute atomic E-state index is 11.8. The Bertz CT molecular complexity index is 804. The minimum atomic E-state index is -0.702. The second-order valence-electron chi connectivity index (χ2n) is 4.00. The van der Waals surface area contributed by atoms with Crippen LogP contribution < -0.4 is 21.3 Å². The third-order valence-electron chi connectivity index (χ3n) is 2.46. The first-order valence-electron chi connectivity index (χ1n) is 5.95. The van der Waals surface area contributed by atoms with Gasteiger partial charge in [0.25, 0.3) is 5.56 Å². The van der Waals surface area contributed by atoms with E-state index in [0.29, 0.717) is 16.5 Å². The third kappa shape index (κ3) is 4.12. The van der Waals surface area contributed by atoms with Gasteiger partial charge in [-0.2, -0.15) is 5.10 Å². The number of amides is 1. The van der Waals surface area contributed by atoms with Crippen molar-refractivity contribution in [2.45, 2.75) is 5.03 Å². The zero-order valence-corrected chi connectivity index (χ0v) is 12.9. The Morgan fingerprint density at radius 1 is 1.45 bits per heavy atom. The number of nitrogens with zero attached hydrogens (tertiary/aromatic N) is 1. The molecule has 0 saturated heterocycles. The van der Waals surface area contributed by atoms with Crippen molar-refractivity contribution in [2.24, 2.45) is 0 Å². The van der Waals surface area contributed by atoms with Gasteiger partial charge in [-0.1, -0.05) is 23.4 Å². The van der Waals surface area contributed by atoms with E-state index in [1.54, 1.807) is 18.2 Å². The maximum atomic E-state index is 11.8. The lowest BCUT2D eigenvalue weighted by Gasteiger charge is -2.07. The number of ether oxygens (including phenoxy) is 1. The molecule has 0 atom stereocenters. The van der Waals surface area contributed by atoms with Gasteiger partial charge in [0.2, 0.25) is 5.91 Å². The number of aromatic amines is 2. The minimum absolute atomic E-state index is 0.00233. The molecule has 0 aliphatic carbocycles. The molecule has 1 aromatic carbocycles.